The van der Waals surface area contributed by atoms with E-state index in [9.17, 15) is 0 Å². The molecule has 0 spiro atoms. The van der Waals surface area contributed by atoms with E-state index in [0.717, 1.165) is 25.4 Å². The third-order valence-corrected chi connectivity index (χ3v) is 3.84. The van der Waals surface area contributed by atoms with Gasteiger partial charge in [0, 0.05) is 31.2 Å². The zero-order valence-electron chi connectivity index (χ0n) is 11.0. The summed E-state index contributed by atoms with van der Waals surface area (Å²) in [4.78, 5) is 4.82. The van der Waals surface area contributed by atoms with Crippen molar-refractivity contribution in [3.8, 4) is 0 Å². The summed E-state index contributed by atoms with van der Waals surface area (Å²) in [5.74, 6) is 1.02. The van der Waals surface area contributed by atoms with Gasteiger partial charge in [0.15, 0.2) is 0 Å². The maximum atomic E-state index is 5.87. The lowest BCUT2D eigenvalue weighted by molar-refractivity contribution is -0.00557. The molecule has 1 aromatic heterocycles. The first-order valence-corrected chi connectivity index (χ1v) is 6.20. The Kier molecular flexibility index (Phi) is 3.56. The van der Waals surface area contributed by atoms with E-state index in [1.54, 1.807) is 6.26 Å². The molecule has 0 amide bonds. The standard InChI is InChI=1S/C13H23N3O/c1-13(2)10-16(9-12-5-4-6-17-12)11(7-14)8-15(13)3/h4-6,11H,7-10,14H2,1-3H3. The van der Waals surface area contributed by atoms with Gasteiger partial charge in [-0.05, 0) is 33.0 Å². The van der Waals surface area contributed by atoms with Gasteiger partial charge in [-0.3, -0.25) is 9.80 Å². The van der Waals surface area contributed by atoms with Crippen LogP contribution in [0.3, 0.4) is 0 Å². The molecule has 4 nitrogen and oxygen atoms in total. The van der Waals surface area contributed by atoms with Crippen molar-refractivity contribution in [1.82, 2.24) is 9.80 Å². The van der Waals surface area contributed by atoms with E-state index in [2.05, 4.69) is 30.7 Å². The Bertz CT molecular complexity index is 348. The molecule has 4 heteroatoms. The zero-order chi connectivity index (χ0) is 12.5. The highest BCUT2D eigenvalue weighted by Crippen LogP contribution is 2.24. The largest absolute Gasteiger partial charge is 0.468 e. The fraction of sp³-hybridized carbons (Fsp3) is 0.692. The number of piperazine rings is 1. The molecule has 2 heterocycles. The Morgan fingerprint density at radius 2 is 2.29 bits per heavy atom. The number of hydrogen-bond acceptors (Lipinski definition) is 4. The summed E-state index contributed by atoms with van der Waals surface area (Å²) in [6.07, 6.45) is 1.73. The fourth-order valence-electron chi connectivity index (χ4n) is 2.44. The topological polar surface area (TPSA) is 45.6 Å². The van der Waals surface area contributed by atoms with Crippen LogP contribution in [-0.4, -0.2) is 48.1 Å². The minimum atomic E-state index is 0.193. The summed E-state index contributed by atoms with van der Waals surface area (Å²) >= 11 is 0. The van der Waals surface area contributed by atoms with E-state index in [0.29, 0.717) is 12.6 Å². The third kappa shape index (κ3) is 2.70. The first-order chi connectivity index (χ1) is 8.03. The van der Waals surface area contributed by atoms with E-state index in [1.807, 2.05) is 12.1 Å². The van der Waals surface area contributed by atoms with Gasteiger partial charge in [0.1, 0.15) is 5.76 Å². The van der Waals surface area contributed by atoms with Gasteiger partial charge in [-0.15, -0.1) is 0 Å². The predicted octanol–water partition coefficient (Wildman–Crippen LogP) is 1.13. The Balaban J connectivity index is 2.08. The molecular weight excluding hydrogens is 214 g/mol. The second kappa shape index (κ2) is 4.80. The SMILES string of the molecule is CN1CC(CN)N(Cc2ccco2)CC1(C)C. The molecular formula is C13H23N3O. The number of nitrogens with zero attached hydrogens (tertiary/aromatic N) is 2. The molecule has 1 saturated heterocycles. The Morgan fingerprint density at radius 3 is 2.88 bits per heavy atom. The van der Waals surface area contributed by atoms with Crippen LogP contribution >= 0.6 is 0 Å². The van der Waals surface area contributed by atoms with Crippen molar-refractivity contribution in [3.63, 3.8) is 0 Å². The van der Waals surface area contributed by atoms with Crippen molar-refractivity contribution in [2.45, 2.75) is 32.0 Å². The highest BCUT2D eigenvalue weighted by atomic mass is 16.3. The van der Waals surface area contributed by atoms with E-state index in [1.165, 1.54) is 0 Å². The Morgan fingerprint density at radius 1 is 1.53 bits per heavy atom. The van der Waals surface area contributed by atoms with Crippen LogP contribution in [0.4, 0.5) is 0 Å². The summed E-state index contributed by atoms with van der Waals surface area (Å²) in [5, 5.41) is 0. The quantitative estimate of drug-likeness (QED) is 0.856. The number of likely N-dealkylation sites (N-methyl/N-ethyl adjacent to an activating group) is 1. The van der Waals surface area contributed by atoms with Crippen LogP contribution in [0.25, 0.3) is 0 Å². The van der Waals surface area contributed by atoms with E-state index < -0.39 is 0 Å². The predicted molar refractivity (Wildman–Crippen MR) is 68.7 cm³/mol. The van der Waals surface area contributed by atoms with Gasteiger partial charge >= 0.3 is 0 Å². The Hall–Kier alpha value is -0.840. The van der Waals surface area contributed by atoms with E-state index in [-0.39, 0.29) is 5.54 Å². The molecule has 0 aromatic carbocycles. The number of rotatable bonds is 3. The lowest BCUT2D eigenvalue weighted by atomic mass is 9.96. The van der Waals surface area contributed by atoms with Gasteiger partial charge in [-0.2, -0.15) is 0 Å². The van der Waals surface area contributed by atoms with Crippen molar-refractivity contribution in [2.75, 3.05) is 26.7 Å². The van der Waals surface area contributed by atoms with Crippen molar-refractivity contribution in [2.24, 2.45) is 5.73 Å². The minimum Gasteiger partial charge on any atom is -0.468 e. The van der Waals surface area contributed by atoms with Gasteiger partial charge < -0.3 is 10.2 Å². The van der Waals surface area contributed by atoms with Gasteiger partial charge in [0.05, 0.1) is 12.8 Å². The molecule has 2 N–H and O–H groups in total. The number of furan rings is 1. The molecule has 1 atom stereocenters. The molecule has 0 bridgehead atoms. The van der Waals surface area contributed by atoms with Crippen molar-refractivity contribution < 1.29 is 4.42 Å². The average molecular weight is 237 g/mol. The molecule has 96 valence electrons. The van der Waals surface area contributed by atoms with Crippen LogP contribution in [-0.2, 0) is 6.54 Å². The van der Waals surface area contributed by atoms with Crippen LogP contribution in [0.1, 0.15) is 19.6 Å². The fourth-order valence-corrected chi connectivity index (χ4v) is 2.44. The van der Waals surface area contributed by atoms with Crippen LogP contribution < -0.4 is 5.73 Å². The van der Waals surface area contributed by atoms with Gasteiger partial charge in [-0.25, -0.2) is 0 Å². The van der Waals surface area contributed by atoms with E-state index in [4.69, 9.17) is 10.2 Å². The highest BCUT2D eigenvalue weighted by molar-refractivity contribution is 5.01. The van der Waals surface area contributed by atoms with Crippen LogP contribution in [0.2, 0.25) is 0 Å². The summed E-state index contributed by atoms with van der Waals surface area (Å²) in [5.41, 5.74) is 6.07. The molecule has 0 saturated carbocycles. The molecule has 1 aliphatic rings. The average Bonchev–Trinajstić information content (AvgIpc) is 2.75. The summed E-state index contributed by atoms with van der Waals surface area (Å²) < 4.78 is 5.43. The van der Waals surface area contributed by atoms with Crippen molar-refractivity contribution in [1.29, 1.82) is 0 Å². The molecule has 1 aliphatic heterocycles. The molecule has 1 fully saturated rings. The van der Waals surface area contributed by atoms with Crippen LogP contribution in [0.15, 0.2) is 22.8 Å². The second-order valence-corrected chi connectivity index (χ2v) is 5.57. The Labute approximate surface area is 103 Å². The van der Waals surface area contributed by atoms with Crippen molar-refractivity contribution in [3.05, 3.63) is 24.2 Å². The summed E-state index contributed by atoms with van der Waals surface area (Å²) in [7, 11) is 2.17. The first kappa shape index (κ1) is 12.6. The second-order valence-electron chi connectivity index (χ2n) is 5.57. The van der Waals surface area contributed by atoms with Crippen LogP contribution in [0, 0.1) is 0 Å². The van der Waals surface area contributed by atoms with Gasteiger partial charge in [-0.1, -0.05) is 0 Å². The van der Waals surface area contributed by atoms with Gasteiger partial charge in [0.25, 0.3) is 0 Å². The molecule has 0 radical (unpaired) electrons. The minimum absolute atomic E-state index is 0.193. The summed E-state index contributed by atoms with van der Waals surface area (Å²) in [6.45, 7) is 8.13. The molecule has 0 aliphatic carbocycles. The summed E-state index contributed by atoms with van der Waals surface area (Å²) in [6, 6.07) is 4.38. The highest BCUT2D eigenvalue weighted by Gasteiger charge is 2.36. The molecule has 1 unspecified atom stereocenters. The van der Waals surface area contributed by atoms with E-state index >= 15 is 0 Å². The molecule has 1 aromatic rings. The van der Waals surface area contributed by atoms with Gasteiger partial charge in [0.2, 0.25) is 0 Å². The molecule has 2 rings (SSSR count). The zero-order valence-corrected chi connectivity index (χ0v) is 11.0. The maximum absolute atomic E-state index is 5.87. The normalized spacial score (nSPS) is 26.2. The van der Waals surface area contributed by atoms with Crippen LogP contribution in [0.5, 0.6) is 0 Å². The smallest absolute Gasteiger partial charge is 0.117 e. The number of hydrogen-bond donors (Lipinski definition) is 1. The first-order valence-electron chi connectivity index (χ1n) is 6.20. The molecule has 17 heavy (non-hydrogen) atoms. The lowest BCUT2D eigenvalue weighted by Crippen LogP contribution is -2.63. The van der Waals surface area contributed by atoms with Crippen molar-refractivity contribution >= 4 is 0 Å². The third-order valence-electron chi connectivity index (χ3n) is 3.84. The maximum Gasteiger partial charge on any atom is 0.117 e. The lowest BCUT2D eigenvalue weighted by Gasteiger charge is -2.49. The monoisotopic (exact) mass is 237 g/mol. The number of nitrogens with two attached hydrogens (primary N) is 1.